The lowest BCUT2D eigenvalue weighted by atomic mass is 10.2. The summed E-state index contributed by atoms with van der Waals surface area (Å²) in [5.41, 5.74) is 4.05. The lowest BCUT2D eigenvalue weighted by Gasteiger charge is -2.36. The fourth-order valence-electron chi connectivity index (χ4n) is 3.97. The van der Waals surface area contributed by atoms with E-state index in [1.165, 1.54) is 7.11 Å². The third-order valence-electron chi connectivity index (χ3n) is 5.68. The maximum absolute atomic E-state index is 14.0. The van der Waals surface area contributed by atoms with Crippen molar-refractivity contribution in [2.45, 2.75) is 20.0 Å². The molecule has 3 heterocycles. The van der Waals surface area contributed by atoms with Gasteiger partial charge in [0.1, 0.15) is 5.65 Å². The van der Waals surface area contributed by atoms with Crippen LogP contribution in [0, 0.1) is 12.7 Å². The summed E-state index contributed by atoms with van der Waals surface area (Å²) in [6, 6.07) is 11.3. The van der Waals surface area contributed by atoms with E-state index < -0.39 is 0 Å². The number of rotatable bonds is 5. The van der Waals surface area contributed by atoms with Gasteiger partial charge in [-0.15, -0.1) is 24.0 Å². The third kappa shape index (κ3) is 5.50. The molecule has 0 amide bonds. The Morgan fingerprint density at radius 1 is 1.19 bits per heavy atom. The largest absolute Gasteiger partial charge is 0.494 e. The van der Waals surface area contributed by atoms with Crippen molar-refractivity contribution in [2.24, 2.45) is 4.99 Å². The molecule has 1 saturated heterocycles. The smallest absolute Gasteiger partial charge is 0.194 e. The zero-order valence-corrected chi connectivity index (χ0v) is 21.0. The molecule has 0 bridgehead atoms. The van der Waals surface area contributed by atoms with Crippen molar-refractivity contribution in [1.82, 2.24) is 24.5 Å². The van der Waals surface area contributed by atoms with Gasteiger partial charge in [-0.25, -0.2) is 9.37 Å². The Balaban J connectivity index is 0.00000289. The van der Waals surface area contributed by atoms with E-state index in [0.29, 0.717) is 6.54 Å². The predicted octanol–water partition coefficient (Wildman–Crippen LogP) is 3.30. The molecule has 3 aromatic rings. The molecule has 0 spiro atoms. The highest BCUT2D eigenvalue weighted by Gasteiger charge is 2.20. The average molecular weight is 552 g/mol. The van der Waals surface area contributed by atoms with Crippen molar-refractivity contribution in [3.8, 4) is 5.75 Å². The van der Waals surface area contributed by atoms with Crippen LogP contribution < -0.4 is 10.1 Å². The highest BCUT2D eigenvalue weighted by molar-refractivity contribution is 14.0. The summed E-state index contributed by atoms with van der Waals surface area (Å²) in [7, 11) is 3.29. The van der Waals surface area contributed by atoms with Crippen LogP contribution in [0.2, 0.25) is 0 Å². The number of nitrogens with one attached hydrogen (secondary N) is 1. The number of nitrogens with zero attached hydrogens (tertiary/aromatic N) is 5. The fraction of sp³-hybridized carbons (Fsp3) is 0.391. The standard InChI is InChI=1S/C23H29FN6O.HI/c1-17-5-4-6-22-27-19(16-30(17)22)14-26-23(25-2)29-11-9-28(10-12-29)15-18-7-8-21(31-3)20(24)13-18;/h4-8,13,16H,9-12,14-15H2,1-3H3,(H,25,26);1H. The second kappa shape index (κ2) is 11.0. The number of hydrogen-bond acceptors (Lipinski definition) is 4. The first-order chi connectivity index (χ1) is 15.1. The molecule has 9 heteroatoms. The fourth-order valence-corrected chi connectivity index (χ4v) is 3.97. The topological polar surface area (TPSA) is 57.4 Å². The molecule has 1 aromatic carbocycles. The number of aliphatic imine (C=N–C) groups is 1. The number of aryl methyl sites for hydroxylation is 1. The summed E-state index contributed by atoms with van der Waals surface area (Å²) < 4.78 is 21.0. The third-order valence-corrected chi connectivity index (χ3v) is 5.68. The Labute approximate surface area is 205 Å². The molecule has 2 aromatic heterocycles. The summed E-state index contributed by atoms with van der Waals surface area (Å²) in [6.07, 6.45) is 2.07. The van der Waals surface area contributed by atoms with Crippen LogP contribution in [-0.2, 0) is 13.1 Å². The summed E-state index contributed by atoms with van der Waals surface area (Å²) in [5, 5.41) is 3.44. The number of methoxy groups -OCH3 is 1. The van der Waals surface area contributed by atoms with Crippen molar-refractivity contribution >= 4 is 35.6 Å². The van der Waals surface area contributed by atoms with Gasteiger partial charge in [0.15, 0.2) is 17.5 Å². The van der Waals surface area contributed by atoms with Crippen molar-refractivity contribution in [1.29, 1.82) is 0 Å². The van der Waals surface area contributed by atoms with E-state index >= 15 is 0 Å². The van der Waals surface area contributed by atoms with Gasteiger partial charge >= 0.3 is 0 Å². The van der Waals surface area contributed by atoms with Gasteiger partial charge in [-0.05, 0) is 36.8 Å². The molecule has 172 valence electrons. The molecule has 1 aliphatic heterocycles. The van der Waals surface area contributed by atoms with Gasteiger partial charge in [0.05, 0.1) is 19.3 Å². The van der Waals surface area contributed by atoms with Gasteiger partial charge in [-0.1, -0.05) is 12.1 Å². The number of aromatic nitrogens is 2. The predicted molar refractivity (Wildman–Crippen MR) is 135 cm³/mol. The Morgan fingerprint density at radius 3 is 2.62 bits per heavy atom. The summed E-state index contributed by atoms with van der Waals surface area (Å²) in [4.78, 5) is 13.7. The molecular formula is C23H30FIN6O. The van der Waals surface area contributed by atoms with E-state index in [1.54, 1.807) is 12.1 Å². The van der Waals surface area contributed by atoms with Crippen molar-refractivity contribution in [2.75, 3.05) is 40.3 Å². The maximum atomic E-state index is 14.0. The van der Waals surface area contributed by atoms with Gasteiger partial charge in [-0.2, -0.15) is 0 Å². The summed E-state index contributed by atoms with van der Waals surface area (Å²) >= 11 is 0. The minimum absolute atomic E-state index is 0. The van der Waals surface area contributed by atoms with Crippen molar-refractivity contribution in [3.05, 3.63) is 65.4 Å². The number of guanidine groups is 1. The van der Waals surface area contributed by atoms with E-state index in [2.05, 4.69) is 48.7 Å². The Kier molecular flexibility index (Phi) is 8.30. The Bertz CT molecular complexity index is 1080. The first-order valence-electron chi connectivity index (χ1n) is 10.5. The van der Waals surface area contributed by atoms with E-state index in [1.807, 2.05) is 25.2 Å². The van der Waals surface area contributed by atoms with E-state index in [9.17, 15) is 4.39 Å². The number of imidazole rings is 1. The normalized spacial score (nSPS) is 15.0. The number of halogens is 2. The first kappa shape index (κ1) is 24.2. The van der Waals surface area contributed by atoms with Gasteiger partial charge in [-0.3, -0.25) is 9.89 Å². The number of ether oxygens (including phenoxy) is 1. The Hall–Kier alpha value is -2.40. The SMILES string of the molecule is CN=C(NCc1cn2c(C)cccc2n1)N1CCN(Cc2ccc(OC)c(F)c2)CC1.I. The molecule has 32 heavy (non-hydrogen) atoms. The van der Waals surface area contributed by atoms with Crippen LogP contribution >= 0.6 is 24.0 Å². The zero-order chi connectivity index (χ0) is 21.8. The Morgan fingerprint density at radius 2 is 1.97 bits per heavy atom. The van der Waals surface area contributed by atoms with Crippen LogP contribution in [0.1, 0.15) is 17.0 Å². The van der Waals surface area contributed by atoms with E-state index in [-0.39, 0.29) is 35.5 Å². The lowest BCUT2D eigenvalue weighted by molar-refractivity contribution is 0.172. The average Bonchev–Trinajstić information content (AvgIpc) is 3.20. The maximum Gasteiger partial charge on any atom is 0.194 e. The van der Waals surface area contributed by atoms with E-state index in [0.717, 1.165) is 61.3 Å². The lowest BCUT2D eigenvalue weighted by Crippen LogP contribution is -2.52. The van der Waals surface area contributed by atoms with Crippen LogP contribution in [0.15, 0.2) is 47.6 Å². The van der Waals surface area contributed by atoms with Crippen LogP contribution in [0.5, 0.6) is 5.75 Å². The molecule has 0 radical (unpaired) electrons. The van der Waals surface area contributed by atoms with Crippen molar-refractivity contribution < 1.29 is 9.13 Å². The molecule has 0 atom stereocenters. The van der Waals surface area contributed by atoms with Crippen LogP contribution in [0.4, 0.5) is 4.39 Å². The quantitative estimate of drug-likeness (QED) is 0.299. The number of benzene rings is 1. The molecule has 1 N–H and O–H groups in total. The van der Waals surface area contributed by atoms with Gasteiger partial charge in [0.25, 0.3) is 0 Å². The van der Waals surface area contributed by atoms with Crippen LogP contribution in [-0.4, -0.2) is 65.5 Å². The van der Waals surface area contributed by atoms with E-state index in [4.69, 9.17) is 4.74 Å². The summed E-state index contributed by atoms with van der Waals surface area (Å²) in [6.45, 7) is 6.93. The molecule has 0 unspecified atom stereocenters. The zero-order valence-electron chi connectivity index (χ0n) is 18.7. The molecule has 1 aliphatic rings. The number of piperazine rings is 1. The highest BCUT2D eigenvalue weighted by atomic mass is 127. The highest BCUT2D eigenvalue weighted by Crippen LogP contribution is 2.19. The minimum Gasteiger partial charge on any atom is -0.494 e. The first-order valence-corrected chi connectivity index (χ1v) is 10.5. The van der Waals surface area contributed by atoms with Gasteiger partial charge in [0, 0.05) is 51.7 Å². The summed E-state index contributed by atoms with van der Waals surface area (Å²) in [5.74, 6) is 0.846. The number of fused-ring (bicyclic) bond motifs is 1. The molecule has 1 fully saturated rings. The minimum atomic E-state index is -0.314. The molecule has 7 nitrogen and oxygen atoms in total. The van der Waals surface area contributed by atoms with Crippen LogP contribution in [0.25, 0.3) is 5.65 Å². The van der Waals surface area contributed by atoms with Gasteiger partial charge in [0.2, 0.25) is 0 Å². The second-order valence-corrected chi connectivity index (χ2v) is 7.76. The number of pyridine rings is 1. The number of hydrogen-bond donors (Lipinski definition) is 1. The molecule has 0 aliphatic carbocycles. The molecule has 4 rings (SSSR count). The van der Waals surface area contributed by atoms with Gasteiger partial charge < -0.3 is 19.4 Å². The second-order valence-electron chi connectivity index (χ2n) is 7.76. The van der Waals surface area contributed by atoms with Crippen LogP contribution in [0.3, 0.4) is 0 Å². The monoisotopic (exact) mass is 552 g/mol. The molecule has 0 saturated carbocycles. The molecular weight excluding hydrogens is 522 g/mol. The van der Waals surface area contributed by atoms with Crippen molar-refractivity contribution in [3.63, 3.8) is 0 Å².